The van der Waals surface area contributed by atoms with E-state index in [4.69, 9.17) is 0 Å². The van der Waals surface area contributed by atoms with Crippen molar-refractivity contribution in [2.75, 3.05) is 6.54 Å². The van der Waals surface area contributed by atoms with Gasteiger partial charge in [-0.15, -0.1) is 0 Å². The van der Waals surface area contributed by atoms with E-state index in [9.17, 15) is 19.5 Å². The van der Waals surface area contributed by atoms with E-state index in [0.717, 1.165) is 19.3 Å². The average molecular weight is 353 g/mol. The van der Waals surface area contributed by atoms with Crippen molar-refractivity contribution in [1.82, 2.24) is 16.0 Å². The van der Waals surface area contributed by atoms with Gasteiger partial charge in [-0.05, 0) is 38.0 Å². The van der Waals surface area contributed by atoms with Crippen LogP contribution in [0.15, 0.2) is 0 Å². The van der Waals surface area contributed by atoms with E-state index >= 15 is 0 Å². The van der Waals surface area contributed by atoms with E-state index in [0.29, 0.717) is 18.9 Å². The summed E-state index contributed by atoms with van der Waals surface area (Å²) in [5.74, 6) is -0.849. The first-order chi connectivity index (χ1) is 11.8. The Bertz CT molecular complexity index is 505. The lowest BCUT2D eigenvalue weighted by Crippen LogP contribution is -2.53. The number of nitrogens with one attached hydrogen (secondary N) is 3. The summed E-state index contributed by atoms with van der Waals surface area (Å²) in [6.07, 6.45) is 2.16. The third-order valence-corrected chi connectivity index (χ3v) is 4.87. The highest BCUT2D eigenvalue weighted by atomic mass is 16.3. The van der Waals surface area contributed by atoms with Gasteiger partial charge in [0, 0.05) is 24.4 Å². The Morgan fingerprint density at radius 3 is 2.40 bits per heavy atom. The first kappa shape index (κ1) is 19.7. The normalized spacial score (nSPS) is 23.7. The molecule has 1 aliphatic carbocycles. The van der Waals surface area contributed by atoms with Gasteiger partial charge in [-0.25, -0.2) is 0 Å². The fourth-order valence-corrected chi connectivity index (χ4v) is 3.28. The molecule has 2 rings (SSSR count). The Hall–Kier alpha value is -1.63. The molecule has 1 unspecified atom stereocenters. The molecule has 1 saturated heterocycles. The zero-order chi connectivity index (χ0) is 18.6. The summed E-state index contributed by atoms with van der Waals surface area (Å²) < 4.78 is 0. The molecule has 1 heterocycles. The van der Waals surface area contributed by atoms with E-state index in [1.165, 1.54) is 0 Å². The second-order valence-corrected chi connectivity index (χ2v) is 7.89. The van der Waals surface area contributed by atoms with Crippen molar-refractivity contribution in [2.24, 2.45) is 17.8 Å². The van der Waals surface area contributed by atoms with Crippen LogP contribution in [0.3, 0.4) is 0 Å². The predicted molar refractivity (Wildman–Crippen MR) is 93.5 cm³/mol. The van der Waals surface area contributed by atoms with Gasteiger partial charge in [0.2, 0.25) is 11.8 Å². The summed E-state index contributed by atoms with van der Waals surface area (Å²) in [5.41, 5.74) is 0. The van der Waals surface area contributed by atoms with Gasteiger partial charge in [-0.3, -0.25) is 14.4 Å². The van der Waals surface area contributed by atoms with Crippen LogP contribution in [-0.4, -0.2) is 47.6 Å². The lowest BCUT2D eigenvalue weighted by Gasteiger charge is -2.27. The van der Waals surface area contributed by atoms with E-state index in [-0.39, 0.29) is 36.1 Å². The van der Waals surface area contributed by atoms with Gasteiger partial charge < -0.3 is 21.1 Å². The van der Waals surface area contributed by atoms with Gasteiger partial charge in [0.15, 0.2) is 6.10 Å². The summed E-state index contributed by atoms with van der Waals surface area (Å²) >= 11 is 0. The maximum Gasteiger partial charge on any atom is 0.251 e. The quantitative estimate of drug-likeness (QED) is 0.479. The van der Waals surface area contributed by atoms with Gasteiger partial charge >= 0.3 is 0 Å². The number of carbonyl (C=O) groups is 3. The maximum absolute atomic E-state index is 12.5. The van der Waals surface area contributed by atoms with Crippen molar-refractivity contribution in [3.63, 3.8) is 0 Å². The molecule has 3 amide bonds. The monoisotopic (exact) mass is 353 g/mol. The zero-order valence-corrected chi connectivity index (χ0v) is 15.4. The highest BCUT2D eigenvalue weighted by Gasteiger charge is 2.36. The molecule has 7 heteroatoms. The molecule has 25 heavy (non-hydrogen) atoms. The average Bonchev–Trinajstić information content (AvgIpc) is 3.26. The van der Waals surface area contributed by atoms with Crippen LogP contribution in [0.1, 0.15) is 52.9 Å². The number of aliphatic hydroxyl groups is 1. The minimum Gasteiger partial charge on any atom is -0.381 e. The summed E-state index contributed by atoms with van der Waals surface area (Å²) in [5, 5.41) is 18.8. The van der Waals surface area contributed by atoms with Crippen molar-refractivity contribution >= 4 is 17.7 Å². The van der Waals surface area contributed by atoms with E-state index < -0.39 is 18.1 Å². The van der Waals surface area contributed by atoms with Gasteiger partial charge in [0.1, 0.15) is 0 Å². The van der Waals surface area contributed by atoms with E-state index in [2.05, 4.69) is 16.0 Å². The Morgan fingerprint density at radius 2 is 1.88 bits per heavy atom. The molecule has 1 aliphatic heterocycles. The standard InChI is InChI=1S/C18H31N3O4/c1-10(2)8-11(3)16(23)21-14(9-12-6-7-19-17(12)24)15(22)18(25)20-13-4-5-13/h10-15,22H,4-9H2,1-3H3,(H,19,24)(H,20,25)(H,21,23)/t11-,12-,14-,15?/m0/s1. The van der Waals surface area contributed by atoms with Crippen LogP contribution in [0.2, 0.25) is 0 Å². The molecule has 0 aromatic carbocycles. The molecular formula is C18H31N3O4. The molecule has 2 fully saturated rings. The topological polar surface area (TPSA) is 108 Å². The first-order valence-corrected chi connectivity index (χ1v) is 9.34. The third-order valence-electron chi connectivity index (χ3n) is 4.87. The number of rotatable bonds is 9. The van der Waals surface area contributed by atoms with Gasteiger partial charge in [0.05, 0.1) is 6.04 Å². The van der Waals surface area contributed by atoms with Crippen LogP contribution >= 0.6 is 0 Å². The zero-order valence-electron chi connectivity index (χ0n) is 15.4. The van der Waals surface area contributed by atoms with Crippen LogP contribution in [0.5, 0.6) is 0 Å². The Kier molecular flexibility index (Phi) is 6.81. The minimum atomic E-state index is -1.34. The van der Waals surface area contributed by atoms with E-state index in [1.54, 1.807) is 0 Å². The van der Waals surface area contributed by atoms with Crippen molar-refractivity contribution < 1.29 is 19.5 Å². The number of hydrogen-bond donors (Lipinski definition) is 4. The summed E-state index contributed by atoms with van der Waals surface area (Å²) in [4.78, 5) is 36.5. The molecule has 2 aliphatic rings. The third kappa shape index (κ3) is 5.99. The predicted octanol–water partition coefficient (Wildman–Crippen LogP) is 0.319. The number of carbonyl (C=O) groups excluding carboxylic acids is 3. The number of aliphatic hydroxyl groups excluding tert-OH is 1. The first-order valence-electron chi connectivity index (χ1n) is 9.34. The van der Waals surface area contributed by atoms with Crippen molar-refractivity contribution in [1.29, 1.82) is 0 Å². The van der Waals surface area contributed by atoms with Gasteiger partial charge in [-0.2, -0.15) is 0 Å². The molecule has 1 saturated carbocycles. The van der Waals surface area contributed by atoms with Crippen molar-refractivity contribution in [2.45, 2.75) is 71.1 Å². The second kappa shape index (κ2) is 8.65. The van der Waals surface area contributed by atoms with E-state index in [1.807, 2.05) is 20.8 Å². The largest absolute Gasteiger partial charge is 0.381 e. The molecular weight excluding hydrogens is 322 g/mol. The molecule has 0 aromatic heterocycles. The number of amides is 3. The summed E-state index contributed by atoms with van der Waals surface area (Å²) in [6.45, 7) is 6.52. The van der Waals surface area contributed by atoms with Gasteiger partial charge in [-0.1, -0.05) is 20.8 Å². The van der Waals surface area contributed by atoms with Crippen LogP contribution < -0.4 is 16.0 Å². The van der Waals surface area contributed by atoms with Crippen molar-refractivity contribution in [3.05, 3.63) is 0 Å². The lowest BCUT2D eigenvalue weighted by molar-refractivity contribution is -0.134. The summed E-state index contributed by atoms with van der Waals surface area (Å²) in [6, 6.07) is -0.622. The smallest absolute Gasteiger partial charge is 0.251 e. The molecule has 4 N–H and O–H groups in total. The molecule has 4 atom stereocenters. The molecule has 0 aromatic rings. The lowest BCUT2D eigenvalue weighted by atomic mass is 9.93. The Labute approximate surface area is 149 Å². The van der Waals surface area contributed by atoms with Gasteiger partial charge in [0.25, 0.3) is 5.91 Å². The minimum absolute atomic E-state index is 0.0794. The highest BCUT2D eigenvalue weighted by Crippen LogP contribution is 2.21. The van der Waals surface area contributed by atoms with Crippen molar-refractivity contribution in [3.8, 4) is 0 Å². The second-order valence-electron chi connectivity index (χ2n) is 7.89. The number of hydrogen-bond acceptors (Lipinski definition) is 4. The summed E-state index contributed by atoms with van der Waals surface area (Å²) in [7, 11) is 0. The molecule has 0 radical (unpaired) electrons. The molecule has 0 bridgehead atoms. The SMILES string of the molecule is CC(C)C[C@H](C)C(=O)N[C@@H](C[C@@H]1CCNC1=O)C(O)C(=O)NC1CC1. The van der Waals surface area contributed by atoms with Crippen LogP contribution in [-0.2, 0) is 14.4 Å². The van der Waals surface area contributed by atoms with Crippen LogP contribution in [0.25, 0.3) is 0 Å². The highest BCUT2D eigenvalue weighted by molar-refractivity contribution is 5.85. The maximum atomic E-state index is 12.5. The fraction of sp³-hybridized carbons (Fsp3) is 0.833. The fourth-order valence-electron chi connectivity index (χ4n) is 3.28. The Balaban J connectivity index is 2.00. The molecule has 0 spiro atoms. The molecule has 142 valence electrons. The Morgan fingerprint density at radius 1 is 1.20 bits per heavy atom. The molecule has 7 nitrogen and oxygen atoms in total. The van der Waals surface area contributed by atoms with Crippen LogP contribution in [0.4, 0.5) is 0 Å². The van der Waals surface area contributed by atoms with Crippen LogP contribution in [0, 0.1) is 17.8 Å².